The van der Waals surface area contributed by atoms with E-state index < -0.39 is 0 Å². The van der Waals surface area contributed by atoms with E-state index >= 15 is 0 Å². The zero-order valence-electron chi connectivity index (χ0n) is 14.1. The first-order valence-corrected chi connectivity index (χ1v) is 8.74. The first-order chi connectivity index (χ1) is 11.0. The van der Waals surface area contributed by atoms with Crippen LogP contribution in [0.15, 0.2) is 40.9 Å². The van der Waals surface area contributed by atoms with Gasteiger partial charge in [-0.3, -0.25) is 9.78 Å². The van der Waals surface area contributed by atoms with Crippen molar-refractivity contribution in [1.82, 2.24) is 9.88 Å². The summed E-state index contributed by atoms with van der Waals surface area (Å²) in [5.41, 5.74) is 3.52. The molecule has 0 N–H and O–H groups in total. The maximum atomic E-state index is 13.1. The zero-order chi connectivity index (χ0) is 17.0. The van der Waals surface area contributed by atoms with Crippen molar-refractivity contribution < 1.29 is 4.79 Å². The number of rotatable bonds is 5. The molecule has 0 bridgehead atoms. The van der Waals surface area contributed by atoms with E-state index in [-0.39, 0.29) is 11.9 Å². The Labute approximate surface area is 146 Å². The summed E-state index contributed by atoms with van der Waals surface area (Å²) in [6, 6.07) is 11.8. The molecule has 23 heavy (non-hydrogen) atoms. The molecule has 1 heterocycles. The molecule has 0 aliphatic carbocycles. The van der Waals surface area contributed by atoms with Gasteiger partial charge in [-0.2, -0.15) is 0 Å². The quantitative estimate of drug-likeness (QED) is 0.731. The highest BCUT2D eigenvalue weighted by molar-refractivity contribution is 9.10. The summed E-state index contributed by atoms with van der Waals surface area (Å²) in [7, 11) is 0. The van der Waals surface area contributed by atoms with Gasteiger partial charge in [-0.1, -0.05) is 41.1 Å². The van der Waals surface area contributed by atoms with Gasteiger partial charge in [-0.05, 0) is 51.0 Å². The smallest absolute Gasteiger partial charge is 0.256 e. The molecule has 4 heteroatoms. The summed E-state index contributed by atoms with van der Waals surface area (Å²) in [6.45, 7) is 8.72. The highest BCUT2D eigenvalue weighted by atomic mass is 79.9. The second-order valence-electron chi connectivity index (χ2n) is 5.78. The molecule has 1 amide bonds. The molecule has 1 aromatic carbocycles. The third kappa shape index (κ3) is 3.99. The van der Waals surface area contributed by atoms with Crippen LogP contribution in [-0.2, 0) is 0 Å². The molecule has 0 saturated carbocycles. The van der Waals surface area contributed by atoms with E-state index in [9.17, 15) is 4.79 Å². The monoisotopic (exact) mass is 374 g/mol. The number of hydrogen-bond acceptors (Lipinski definition) is 2. The van der Waals surface area contributed by atoms with Gasteiger partial charge in [-0.15, -0.1) is 0 Å². The molecule has 0 aliphatic heterocycles. The van der Waals surface area contributed by atoms with E-state index in [2.05, 4.69) is 40.8 Å². The van der Waals surface area contributed by atoms with Gasteiger partial charge in [0.1, 0.15) is 0 Å². The first-order valence-electron chi connectivity index (χ1n) is 7.95. The number of amides is 1. The standard InChI is InChI=1S/C19H23BrN2O/c1-5-12-22(15(4)17-8-6-7-9-18(17)20)19(23)16-11-10-13(2)21-14(16)3/h6-11,15H,5,12H2,1-4H3. The summed E-state index contributed by atoms with van der Waals surface area (Å²) in [5.74, 6) is 0.0418. The molecule has 0 fully saturated rings. The number of halogens is 1. The van der Waals surface area contributed by atoms with Crippen molar-refractivity contribution in [2.75, 3.05) is 6.54 Å². The minimum absolute atomic E-state index is 0.00118. The van der Waals surface area contributed by atoms with Gasteiger partial charge < -0.3 is 4.90 Å². The van der Waals surface area contributed by atoms with Crippen molar-refractivity contribution in [2.24, 2.45) is 0 Å². The molecule has 0 radical (unpaired) electrons. The molecule has 0 aliphatic rings. The Morgan fingerprint density at radius 3 is 2.52 bits per heavy atom. The Morgan fingerprint density at radius 2 is 1.91 bits per heavy atom. The molecule has 2 aromatic rings. The summed E-state index contributed by atoms with van der Waals surface area (Å²) >= 11 is 3.60. The largest absolute Gasteiger partial charge is 0.332 e. The molecular weight excluding hydrogens is 352 g/mol. The van der Waals surface area contributed by atoms with Crippen LogP contribution in [0.1, 0.15) is 53.6 Å². The Bertz CT molecular complexity index is 700. The van der Waals surface area contributed by atoms with Crippen LogP contribution in [0.2, 0.25) is 0 Å². The number of carbonyl (C=O) groups excluding carboxylic acids is 1. The van der Waals surface area contributed by atoms with Gasteiger partial charge in [0.15, 0.2) is 0 Å². The van der Waals surface area contributed by atoms with Crippen LogP contribution < -0.4 is 0 Å². The van der Waals surface area contributed by atoms with Gasteiger partial charge in [0.05, 0.1) is 17.3 Å². The maximum Gasteiger partial charge on any atom is 0.256 e. The van der Waals surface area contributed by atoms with Crippen LogP contribution >= 0.6 is 15.9 Å². The van der Waals surface area contributed by atoms with Crippen molar-refractivity contribution in [1.29, 1.82) is 0 Å². The maximum absolute atomic E-state index is 13.1. The third-order valence-electron chi connectivity index (χ3n) is 4.00. The lowest BCUT2D eigenvalue weighted by Crippen LogP contribution is -2.35. The molecule has 1 unspecified atom stereocenters. The van der Waals surface area contributed by atoms with Crippen LogP contribution in [0.3, 0.4) is 0 Å². The van der Waals surface area contributed by atoms with Crippen LogP contribution in [-0.4, -0.2) is 22.3 Å². The molecular formula is C19H23BrN2O. The fourth-order valence-corrected chi connectivity index (χ4v) is 3.38. The van der Waals surface area contributed by atoms with Crippen LogP contribution in [0.4, 0.5) is 0 Å². The molecule has 0 spiro atoms. The summed E-state index contributed by atoms with van der Waals surface area (Å²) in [5, 5.41) is 0. The molecule has 3 nitrogen and oxygen atoms in total. The Morgan fingerprint density at radius 1 is 1.22 bits per heavy atom. The van der Waals surface area contributed by atoms with Crippen molar-refractivity contribution in [3.05, 3.63) is 63.4 Å². The van der Waals surface area contributed by atoms with Gasteiger partial charge >= 0.3 is 0 Å². The first kappa shape index (κ1) is 17.7. The summed E-state index contributed by atoms with van der Waals surface area (Å²) in [6.07, 6.45) is 0.916. The fourth-order valence-electron chi connectivity index (χ4n) is 2.76. The Balaban J connectivity index is 2.37. The van der Waals surface area contributed by atoms with E-state index in [1.165, 1.54) is 0 Å². The normalized spacial score (nSPS) is 12.0. The van der Waals surface area contributed by atoms with Crippen LogP contribution in [0.25, 0.3) is 0 Å². The summed E-state index contributed by atoms with van der Waals surface area (Å²) < 4.78 is 1.03. The molecule has 1 aromatic heterocycles. The number of benzene rings is 1. The highest BCUT2D eigenvalue weighted by Crippen LogP contribution is 2.29. The number of nitrogens with zero attached hydrogens (tertiary/aromatic N) is 2. The zero-order valence-corrected chi connectivity index (χ0v) is 15.7. The lowest BCUT2D eigenvalue weighted by atomic mass is 10.0. The second kappa shape index (κ2) is 7.73. The number of carbonyl (C=O) groups is 1. The van der Waals surface area contributed by atoms with Gasteiger partial charge in [0.2, 0.25) is 0 Å². The lowest BCUT2D eigenvalue weighted by Gasteiger charge is -2.30. The van der Waals surface area contributed by atoms with Crippen molar-refractivity contribution in [2.45, 2.75) is 40.2 Å². The lowest BCUT2D eigenvalue weighted by molar-refractivity contribution is 0.0689. The number of pyridine rings is 1. The topological polar surface area (TPSA) is 33.2 Å². The predicted molar refractivity (Wildman–Crippen MR) is 97.6 cm³/mol. The van der Waals surface area contributed by atoms with E-state index in [0.29, 0.717) is 12.1 Å². The van der Waals surface area contributed by atoms with Crippen LogP contribution in [0.5, 0.6) is 0 Å². The van der Waals surface area contributed by atoms with Crippen molar-refractivity contribution in [3.8, 4) is 0 Å². The van der Waals surface area contributed by atoms with Crippen molar-refractivity contribution >= 4 is 21.8 Å². The van der Waals surface area contributed by atoms with E-state index in [4.69, 9.17) is 0 Å². The average Bonchev–Trinajstić information content (AvgIpc) is 2.52. The third-order valence-corrected chi connectivity index (χ3v) is 4.73. The van der Waals surface area contributed by atoms with Crippen LogP contribution in [0, 0.1) is 13.8 Å². The highest BCUT2D eigenvalue weighted by Gasteiger charge is 2.24. The molecule has 122 valence electrons. The second-order valence-corrected chi connectivity index (χ2v) is 6.64. The van der Waals surface area contributed by atoms with Gasteiger partial charge in [0.25, 0.3) is 5.91 Å². The van der Waals surface area contributed by atoms with Crippen molar-refractivity contribution in [3.63, 3.8) is 0 Å². The molecule has 1 atom stereocenters. The van der Waals surface area contributed by atoms with E-state index in [0.717, 1.165) is 27.8 Å². The minimum atomic E-state index is -0.00118. The Hall–Kier alpha value is -1.68. The van der Waals surface area contributed by atoms with E-state index in [1.807, 2.05) is 49.1 Å². The average molecular weight is 375 g/mol. The summed E-state index contributed by atoms with van der Waals surface area (Å²) in [4.78, 5) is 19.4. The molecule has 0 saturated heterocycles. The SMILES string of the molecule is CCCN(C(=O)c1ccc(C)nc1C)C(C)c1ccccc1Br. The molecule has 2 rings (SSSR count). The predicted octanol–water partition coefficient (Wildman–Crippen LogP) is 5.07. The minimum Gasteiger partial charge on any atom is -0.332 e. The number of aromatic nitrogens is 1. The fraction of sp³-hybridized carbons (Fsp3) is 0.368. The number of hydrogen-bond donors (Lipinski definition) is 0. The number of aryl methyl sites for hydroxylation is 2. The Kier molecular flexibility index (Phi) is 5.94. The van der Waals surface area contributed by atoms with Gasteiger partial charge in [0, 0.05) is 16.7 Å². The van der Waals surface area contributed by atoms with E-state index in [1.54, 1.807) is 0 Å². The van der Waals surface area contributed by atoms with Gasteiger partial charge in [-0.25, -0.2) is 0 Å².